The summed E-state index contributed by atoms with van der Waals surface area (Å²) in [4.78, 5) is 1.56. The highest BCUT2D eigenvalue weighted by Gasteiger charge is 2.27. The lowest BCUT2D eigenvalue weighted by atomic mass is 9.79. The van der Waals surface area contributed by atoms with E-state index in [9.17, 15) is 5.11 Å². The molecule has 1 aromatic heterocycles. The van der Waals surface area contributed by atoms with Crippen LogP contribution in [0.3, 0.4) is 0 Å². The molecule has 0 aromatic carbocycles. The summed E-state index contributed by atoms with van der Waals surface area (Å²) in [5.41, 5.74) is 1.52. The number of hydrogen-bond acceptors (Lipinski definition) is 3. The van der Waals surface area contributed by atoms with Gasteiger partial charge in [0.25, 0.3) is 0 Å². The van der Waals surface area contributed by atoms with Crippen LogP contribution < -0.4 is 5.32 Å². The Morgan fingerprint density at radius 3 is 2.80 bits per heavy atom. The van der Waals surface area contributed by atoms with Gasteiger partial charge in [0.1, 0.15) is 0 Å². The van der Waals surface area contributed by atoms with Crippen LogP contribution in [-0.4, -0.2) is 18.3 Å². The van der Waals surface area contributed by atoms with Crippen molar-refractivity contribution in [2.24, 2.45) is 11.8 Å². The van der Waals surface area contributed by atoms with Gasteiger partial charge in [0.2, 0.25) is 0 Å². The maximum absolute atomic E-state index is 9.53. The normalized spacial score (nSPS) is 30.2. The summed E-state index contributed by atoms with van der Waals surface area (Å²) in [5.74, 6) is 1.19. The van der Waals surface area contributed by atoms with Crippen molar-refractivity contribution in [3.05, 3.63) is 20.3 Å². The lowest BCUT2D eigenvalue weighted by molar-refractivity contribution is 0.130. The van der Waals surface area contributed by atoms with Gasteiger partial charge in [0, 0.05) is 17.5 Å². The van der Waals surface area contributed by atoms with Crippen molar-refractivity contribution in [3.8, 4) is 0 Å². The van der Waals surface area contributed by atoms with Gasteiger partial charge in [-0.15, -0.1) is 11.3 Å². The quantitative estimate of drug-likeness (QED) is 0.842. The summed E-state index contributed by atoms with van der Waals surface area (Å²) in [7, 11) is 0. The first-order valence-electron chi connectivity index (χ1n) is 7.90. The minimum Gasteiger partial charge on any atom is -0.396 e. The van der Waals surface area contributed by atoms with Gasteiger partial charge < -0.3 is 10.4 Å². The Labute approximate surface area is 134 Å². The minimum atomic E-state index is 0.367. The molecule has 0 bridgehead atoms. The van der Waals surface area contributed by atoms with Crippen molar-refractivity contribution in [2.75, 3.05) is 13.2 Å². The number of halogens is 1. The Bertz CT molecular complexity index is 448. The Morgan fingerprint density at radius 2 is 2.00 bits per heavy atom. The molecule has 1 aromatic rings. The molecule has 4 heteroatoms. The van der Waals surface area contributed by atoms with E-state index in [1.807, 2.05) is 11.3 Å². The number of fused-ring (bicyclic) bond motifs is 1. The van der Waals surface area contributed by atoms with E-state index in [0.717, 1.165) is 6.54 Å². The predicted octanol–water partition coefficient (Wildman–Crippen LogP) is 4.28. The lowest BCUT2D eigenvalue weighted by Gasteiger charge is -2.33. The standard InChI is InChI=1S/C16H24BrNOS/c17-16-8-13-14(6-3-7-15(13)20-16)18-9-11-4-1-2-5-12(11)10-19/h8,11-12,14,18-19H,1-7,9-10H2. The SMILES string of the molecule is OCC1CCCCC1CNC1CCCc2sc(Br)cc21. The van der Waals surface area contributed by atoms with Gasteiger partial charge in [-0.3, -0.25) is 0 Å². The molecular weight excluding hydrogens is 334 g/mol. The number of hydrogen-bond donors (Lipinski definition) is 2. The van der Waals surface area contributed by atoms with Crippen LogP contribution in [0.15, 0.2) is 9.85 Å². The van der Waals surface area contributed by atoms with Crippen molar-refractivity contribution >= 4 is 27.3 Å². The number of aryl methyl sites for hydroxylation is 1. The summed E-state index contributed by atoms with van der Waals surface area (Å²) < 4.78 is 1.27. The smallest absolute Gasteiger partial charge is 0.0704 e. The molecule has 2 N–H and O–H groups in total. The molecular formula is C16H24BrNOS. The molecule has 1 saturated carbocycles. The lowest BCUT2D eigenvalue weighted by Crippen LogP contribution is -2.35. The van der Waals surface area contributed by atoms with Gasteiger partial charge >= 0.3 is 0 Å². The number of aliphatic hydroxyl groups is 1. The maximum atomic E-state index is 9.53. The van der Waals surface area contributed by atoms with Crippen LogP contribution in [-0.2, 0) is 6.42 Å². The van der Waals surface area contributed by atoms with E-state index in [4.69, 9.17) is 0 Å². The molecule has 3 atom stereocenters. The second-order valence-corrected chi connectivity index (χ2v) is 8.79. The van der Waals surface area contributed by atoms with E-state index < -0.39 is 0 Å². The number of rotatable bonds is 4. The van der Waals surface area contributed by atoms with Crippen LogP contribution in [0.1, 0.15) is 55.0 Å². The third-order valence-electron chi connectivity index (χ3n) is 5.01. The predicted molar refractivity (Wildman–Crippen MR) is 88.2 cm³/mol. The second kappa shape index (κ2) is 6.91. The molecule has 0 saturated heterocycles. The molecule has 2 nitrogen and oxygen atoms in total. The largest absolute Gasteiger partial charge is 0.396 e. The minimum absolute atomic E-state index is 0.367. The molecule has 1 fully saturated rings. The van der Waals surface area contributed by atoms with Crippen LogP contribution in [0, 0.1) is 11.8 Å². The molecule has 0 amide bonds. The highest BCUT2D eigenvalue weighted by molar-refractivity contribution is 9.11. The van der Waals surface area contributed by atoms with E-state index in [0.29, 0.717) is 24.5 Å². The first kappa shape index (κ1) is 15.0. The summed E-state index contributed by atoms with van der Waals surface area (Å²) >= 11 is 5.52. The third-order valence-corrected chi connectivity index (χ3v) is 6.72. The summed E-state index contributed by atoms with van der Waals surface area (Å²) in [6, 6.07) is 2.84. The number of aliphatic hydroxyl groups excluding tert-OH is 1. The monoisotopic (exact) mass is 357 g/mol. The van der Waals surface area contributed by atoms with Gasteiger partial charge in [0.15, 0.2) is 0 Å². The molecule has 2 aliphatic rings. The number of thiophene rings is 1. The van der Waals surface area contributed by atoms with Crippen molar-refractivity contribution in [2.45, 2.75) is 51.0 Å². The molecule has 0 radical (unpaired) electrons. The highest BCUT2D eigenvalue weighted by Crippen LogP contribution is 2.38. The van der Waals surface area contributed by atoms with E-state index in [1.165, 1.54) is 54.3 Å². The van der Waals surface area contributed by atoms with E-state index in [2.05, 4.69) is 27.3 Å². The fourth-order valence-corrected chi connectivity index (χ4v) is 5.64. The Hall–Kier alpha value is 0.100. The highest BCUT2D eigenvalue weighted by atomic mass is 79.9. The third kappa shape index (κ3) is 3.29. The second-order valence-electron chi connectivity index (χ2n) is 6.27. The zero-order valence-corrected chi connectivity index (χ0v) is 14.3. The van der Waals surface area contributed by atoms with Gasteiger partial charge in [-0.05, 0) is 78.0 Å². The van der Waals surface area contributed by atoms with Gasteiger partial charge in [-0.2, -0.15) is 0 Å². The molecule has 0 aliphatic heterocycles. The van der Waals surface area contributed by atoms with E-state index in [1.54, 1.807) is 4.88 Å². The Balaban J connectivity index is 1.61. The molecule has 3 rings (SSSR count). The molecule has 0 spiro atoms. The fraction of sp³-hybridized carbons (Fsp3) is 0.750. The zero-order chi connectivity index (χ0) is 13.9. The van der Waals surface area contributed by atoms with Crippen molar-refractivity contribution < 1.29 is 5.11 Å². The fourth-order valence-electron chi connectivity index (χ4n) is 3.82. The van der Waals surface area contributed by atoms with Crippen LogP contribution in [0.4, 0.5) is 0 Å². The molecule has 1 heterocycles. The average Bonchev–Trinajstić information content (AvgIpc) is 2.86. The van der Waals surface area contributed by atoms with Gasteiger partial charge in [-0.25, -0.2) is 0 Å². The molecule has 112 valence electrons. The van der Waals surface area contributed by atoms with Gasteiger partial charge in [0.05, 0.1) is 3.79 Å². The number of nitrogens with one attached hydrogen (secondary N) is 1. The molecule has 3 unspecified atom stereocenters. The summed E-state index contributed by atoms with van der Waals surface area (Å²) in [6.07, 6.45) is 8.92. The first-order chi connectivity index (χ1) is 9.78. The van der Waals surface area contributed by atoms with Crippen LogP contribution in [0.2, 0.25) is 0 Å². The van der Waals surface area contributed by atoms with E-state index in [-0.39, 0.29) is 0 Å². The van der Waals surface area contributed by atoms with E-state index >= 15 is 0 Å². The topological polar surface area (TPSA) is 32.3 Å². The Kier molecular flexibility index (Phi) is 5.18. The average molecular weight is 358 g/mol. The van der Waals surface area contributed by atoms with Crippen molar-refractivity contribution in [1.82, 2.24) is 5.32 Å². The summed E-state index contributed by atoms with van der Waals surface area (Å²) in [5, 5.41) is 13.3. The molecule has 20 heavy (non-hydrogen) atoms. The van der Waals surface area contributed by atoms with Crippen molar-refractivity contribution in [3.63, 3.8) is 0 Å². The van der Waals surface area contributed by atoms with Crippen molar-refractivity contribution in [1.29, 1.82) is 0 Å². The van der Waals surface area contributed by atoms with Crippen LogP contribution in [0.5, 0.6) is 0 Å². The molecule has 2 aliphatic carbocycles. The van der Waals surface area contributed by atoms with Crippen LogP contribution in [0.25, 0.3) is 0 Å². The maximum Gasteiger partial charge on any atom is 0.0704 e. The zero-order valence-electron chi connectivity index (χ0n) is 11.9. The summed E-state index contributed by atoms with van der Waals surface area (Å²) in [6.45, 7) is 1.44. The van der Waals surface area contributed by atoms with Crippen LogP contribution >= 0.6 is 27.3 Å². The van der Waals surface area contributed by atoms with Gasteiger partial charge in [-0.1, -0.05) is 12.8 Å². The Morgan fingerprint density at radius 1 is 1.20 bits per heavy atom. The first-order valence-corrected chi connectivity index (χ1v) is 9.51.